The highest BCUT2D eigenvalue weighted by atomic mass is 32.1. The number of benzene rings is 1. The van der Waals surface area contributed by atoms with Crippen LogP contribution in [0.5, 0.6) is 0 Å². The fraction of sp³-hybridized carbons (Fsp3) is 0.400. The average molecular weight is 457 g/mol. The maximum Gasteiger partial charge on any atom is 0.430 e. The third kappa shape index (κ3) is 4.52. The van der Waals surface area contributed by atoms with Gasteiger partial charge in [-0.3, -0.25) is 5.32 Å². The number of nitrogens with two attached hydrogens (primary N) is 1. The Balaban J connectivity index is 1.13. The number of hydrogen-bond acceptors (Lipinski definition) is 11. The number of piperazine rings is 1. The van der Waals surface area contributed by atoms with E-state index in [9.17, 15) is 4.79 Å². The minimum absolute atomic E-state index is 0.231. The second-order valence-corrected chi connectivity index (χ2v) is 8.31. The van der Waals surface area contributed by atoms with Crippen LogP contribution >= 0.6 is 11.3 Å². The largest absolute Gasteiger partial charge is 0.430 e. The molecule has 168 valence electrons. The summed E-state index contributed by atoms with van der Waals surface area (Å²) < 4.78 is 5.38. The van der Waals surface area contributed by atoms with Gasteiger partial charge < -0.3 is 25.1 Å². The van der Waals surface area contributed by atoms with E-state index in [0.717, 1.165) is 48.2 Å². The molecule has 2 aliphatic heterocycles. The van der Waals surface area contributed by atoms with Crippen LogP contribution in [0.2, 0.25) is 0 Å². The van der Waals surface area contributed by atoms with Gasteiger partial charge in [0.1, 0.15) is 5.52 Å². The quantitative estimate of drug-likeness (QED) is 0.601. The molecule has 0 spiro atoms. The molecule has 2 saturated heterocycles. The van der Waals surface area contributed by atoms with E-state index >= 15 is 0 Å². The van der Waals surface area contributed by atoms with Gasteiger partial charge in [0.2, 0.25) is 5.95 Å². The van der Waals surface area contributed by atoms with Gasteiger partial charge in [-0.05, 0) is 24.3 Å². The number of aromatic nitrogens is 3. The molecule has 0 unspecified atom stereocenters. The highest BCUT2D eigenvalue weighted by Crippen LogP contribution is 2.27. The monoisotopic (exact) mass is 456 g/mol. The number of amides is 1. The highest BCUT2D eigenvalue weighted by Gasteiger charge is 2.24. The molecule has 11 nitrogen and oxygen atoms in total. The van der Waals surface area contributed by atoms with Crippen LogP contribution in [0.4, 0.5) is 27.9 Å². The predicted octanol–water partition coefficient (Wildman–Crippen LogP) is 1.79. The predicted molar refractivity (Wildman–Crippen MR) is 123 cm³/mol. The number of nitrogen functional groups attached to an aromatic ring is 1. The first kappa shape index (κ1) is 20.7. The van der Waals surface area contributed by atoms with Crippen LogP contribution in [0.3, 0.4) is 0 Å². The summed E-state index contributed by atoms with van der Waals surface area (Å²) in [5, 5.41) is 4.43. The summed E-state index contributed by atoms with van der Waals surface area (Å²) in [4.78, 5) is 35.9. The molecule has 2 aromatic heterocycles. The lowest BCUT2D eigenvalue weighted by Gasteiger charge is -2.33. The average Bonchev–Trinajstić information content (AvgIpc) is 3.28. The van der Waals surface area contributed by atoms with Crippen molar-refractivity contribution < 1.29 is 14.4 Å². The van der Waals surface area contributed by atoms with Gasteiger partial charge in [-0.15, -0.1) is 16.4 Å². The molecule has 1 aromatic carbocycles. The van der Waals surface area contributed by atoms with E-state index in [1.807, 2.05) is 24.3 Å². The lowest BCUT2D eigenvalue weighted by molar-refractivity contribution is -0.0966. The molecule has 5 rings (SSSR count). The summed E-state index contributed by atoms with van der Waals surface area (Å²) >= 11 is 1.43. The maximum absolute atomic E-state index is 12.3. The van der Waals surface area contributed by atoms with Crippen molar-refractivity contribution in [3.63, 3.8) is 0 Å². The molecule has 0 atom stereocenters. The first-order chi connectivity index (χ1) is 15.7. The van der Waals surface area contributed by atoms with Crippen molar-refractivity contribution in [2.45, 2.75) is 0 Å². The lowest BCUT2D eigenvalue weighted by atomic mass is 10.2. The zero-order valence-corrected chi connectivity index (χ0v) is 18.3. The number of morpholine rings is 1. The number of hydrogen-bond donors (Lipinski definition) is 2. The number of nitrogens with zero attached hydrogens (tertiary/aromatic N) is 6. The fourth-order valence-electron chi connectivity index (χ4n) is 3.81. The highest BCUT2D eigenvalue weighted by molar-refractivity contribution is 7.16. The molecule has 2 aliphatic rings. The Bertz CT molecular complexity index is 1080. The van der Waals surface area contributed by atoms with Gasteiger partial charge in [-0.2, -0.15) is 4.98 Å². The third-order valence-corrected chi connectivity index (χ3v) is 6.16. The minimum atomic E-state index is -0.509. The Morgan fingerprint density at radius 3 is 2.53 bits per heavy atom. The Kier molecular flexibility index (Phi) is 5.88. The van der Waals surface area contributed by atoms with Gasteiger partial charge in [0.15, 0.2) is 10.6 Å². The summed E-state index contributed by atoms with van der Waals surface area (Å²) in [5.41, 5.74) is 10.1. The van der Waals surface area contributed by atoms with Crippen molar-refractivity contribution >= 4 is 50.9 Å². The van der Waals surface area contributed by atoms with Crippen LogP contribution in [0.25, 0.3) is 10.3 Å². The second kappa shape index (κ2) is 9.10. The van der Waals surface area contributed by atoms with Crippen LogP contribution in [-0.2, 0) is 9.57 Å². The van der Waals surface area contributed by atoms with Crippen molar-refractivity contribution in [3.05, 3.63) is 29.8 Å². The molecule has 0 aliphatic carbocycles. The first-order valence-corrected chi connectivity index (χ1v) is 11.3. The van der Waals surface area contributed by atoms with Crippen molar-refractivity contribution in [3.8, 4) is 0 Å². The molecule has 3 N–H and O–H groups in total. The van der Waals surface area contributed by atoms with E-state index in [1.165, 1.54) is 11.3 Å². The van der Waals surface area contributed by atoms with E-state index in [4.69, 9.17) is 15.3 Å². The Morgan fingerprint density at radius 1 is 1.03 bits per heavy atom. The smallest absolute Gasteiger partial charge is 0.378 e. The number of thiazole rings is 1. The van der Waals surface area contributed by atoms with Crippen LogP contribution in [0.1, 0.15) is 0 Å². The molecular weight excluding hydrogens is 432 g/mol. The number of rotatable bonds is 4. The van der Waals surface area contributed by atoms with Gasteiger partial charge >= 0.3 is 6.09 Å². The molecule has 0 radical (unpaired) electrons. The number of ether oxygens (including phenoxy) is 1. The van der Waals surface area contributed by atoms with Gasteiger partial charge in [0.05, 0.1) is 31.8 Å². The number of fused-ring (bicyclic) bond motifs is 1. The molecule has 1 amide bonds. The van der Waals surface area contributed by atoms with Crippen LogP contribution in [0, 0.1) is 0 Å². The Labute approximate surface area is 188 Å². The SMILES string of the molecule is Nc1nc(N2CCN(OC(=O)Nc3ccc(N4CCOCC4)cc3)CC2)c2ncsc2n1. The summed E-state index contributed by atoms with van der Waals surface area (Å²) in [5.74, 6) is 0.952. The molecule has 0 saturated carbocycles. The number of nitrogens with one attached hydrogen (secondary N) is 1. The van der Waals surface area contributed by atoms with Gasteiger partial charge in [0.25, 0.3) is 0 Å². The molecule has 32 heavy (non-hydrogen) atoms. The number of hydroxylamine groups is 2. The summed E-state index contributed by atoms with van der Waals surface area (Å²) in [6, 6.07) is 7.74. The number of carbonyl (C=O) groups is 1. The second-order valence-electron chi connectivity index (χ2n) is 7.48. The van der Waals surface area contributed by atoms with Crippen LogP contribution in [0.15, 0.2) is 29.8 Å². The summed E-state index contributed by atoms with van der Waals surface area (Å²) in [7, 11) is 0. The van der Waals surface area contributed by atoms with Crippen molar-refractivity contribution in [2.75, 3.05) is 73.3 Å². The van der Waals surface area contributed by atoms with E-state index in [1.54, 1.807) is 10.6 Å². The zero-order chi connectivity index (χ0) is 21.9. The Hall–Kier alpha value is -3.22. The molecule has 0 bridgehead atoms. The molecule has 2 fully saturated rings. The van der Waals surface area contributed by atoms with Crippen LogP contribution in [-0.4, -0.2) is 78.6 Å². The van der Waals surface area contributed by atoms with E-state index in [-0.39, 0.29) is 5.95 Å². The van der Waals surface area contributed by atoms with Crippen molar-refractivity contribution in [1.82, 2.24) is 20.0 Å². The third-order valence-electron chi connectivity index (χ3n) is 5.44. The van der Waals surface area contributed by atoms with Crippen LogP contribution < -0.4 is 20.9 Å². The molecule has 3 aromatic rings. The first-order valence-electron chi connectivity index (χ1n) is 10.4. The normalized spacial score (nSPS) is 17.5. The van der Waals surface area contributed by atoms with Gasteiger partial charge in [-0.1, -0.05) is 0 Å². The van der Waals surface area contributed by atoms with E-state index in [2.05, 4.69) is 30.1 Å². The zero-order valence-electron chi connectivity index (χ0n) is 17.4. The maximum atomic E-state index is 12.3. The lowest BCUT2D eigenvalue weighted by Crippen LogP contribution is -2.47. The van der Waals surface area contributed by atoms with E-state index in [0.29, 0.717) is 31.9 Å². The van der Waals surface area contributed by atoms with Gasteiger partial charge in [-0.25, -0.2) is 14.8 Å². The fourth-order valence-corrected chi connectivity index (χ4v) is 4.47. The number of anilines is 4. The summed E-state index contributed by atoms with van der Waals surface area (Å²) in [6.07, 6.45) is -0.509. The molecule has 12 heteroatoms. The minimum Gasteiger partial charge on any atom is -0.378 e. The van der Waals surface area contributed by atoms with E-state index < -0.39 is 6.09 Å². The standard InChI is InChI=1S/C20H24N8O3S/c21-19-24-17(16-18(25-19)32-13-22-16)27-5-7-28(8-6-27)31-20(29)23-14-1-3-15(4-2-14)26-9-11-30-12-10-26/h1-4,13H,5-12H2,(H,23,29)(H2,21,24,25). The van der Waals surface area contributed by atoms with Crippen molar-refractivity contribution in [2.24, 2.45) is 0 Å². The Morgan fingerprint density at radius 2 is 1.78 bits per heavy atom. The molecule has 4 heterocycles. The summed E-state index contributed by atoms with van der Waals surface area (Å²) in [6.45, 7) is 5.55. The van der Waals surface area contributed by atoms with Crippen molar-refractivity contribution in [1.29, 1.82) is 0 Å². The molecular formula is C20H24N8O3S. The topological polar surface area (TPSA) is 122 Å². The van der Waals surface area contributed by atoms with Gasteiger partial charge in [0, 0.05) is 37.6 Å². The number of carbonyl (C=O) groups excluding carboxylic acids is 1.